The summed E-state index contributed by atoms with van der Waals surface area (Å²) in [7, 11) is 0. The lowest BCUT2D eigenvalue weighted by atomic mass is 10.2. The van der Waals surface area contributed by atoms with Crippen LogP contribution in [0, 0.1) is 0 Å². The maximum atomic E-state index is 10.2. The number of nitrogens with one attached hydrogen (secondary N) is 1. The van der Waals surface area contributed by atoms with E-state index in [1.54, 1.807) is 0 Å². The van der Waals surface area contributed by atoms with Crippen LogP contribution in [0.2, 0.25) is 0 Å². The first-order chi connectivity index (χ1) is 5.54. The standard InChI is InChI=1S/C6H15N3O3/c7-4(5(10)11)2-1-3-9-6(8)12/h4,6,9,12H,1-3,7-8H2,(H,10,11). The van der Waals surface area contributed by atoms with Gasteiger partial charge in [-0.15, -0.1) is 0 Å². The third-order valence-corrected chi connectivity index (χ3v) is 1.36. The molecular weight excluding hydrogens is 162 g/mol. The van der Waals surface area contributed by atoms with E-state index < -0.39 is 18.4 Å². The monoisotopic (exact) mass is 177 g/mol. The number of aliphatic hydroxyl groups is 1. The molecule has 0 aromatic heterocycles. The van der Waals surface area contributed by atoms with E-state index >= 15 is 0 Å². The molecule has 0 heterocycles. The molecule has 6 nitrogen and oxygen atoms in total. The average molecular weight is 177 g/mol. The zero-order valence-electron chi connectivity index (χ0n) is 6.73. The summed E-state index contributed by atoms with van der Waals surface area (Å²) in [5.41, 5.74) is 10.2. The van der Waals surface area contributed by atoms with E-state index in [1.165, 1.54) is 0 Å². The van der Waals surface area contributed by atoms with Gasteiger partial charge in [0.2, 0.25) is 0 Å². The van der Waals surface area contributed by atoms with E-state index in [0.717, 1.165) is 0 Å². The molecule has 72 valence electrons. The number of nitrogens with two attached hydrogens (primary N) is 2. The number of hydrogen-bond acceptors (Lipinski definition) is 5. The molecular formula is C6H15N3O3. The number of rotatable bonds is 6. The maximum absolute atomic E-state index is 10.2. The van der Waals surface area contributed by atoms with Crippen LogP contribution in [0.25, 0.3) is 0 Å². The molecule has 0 aromatic carbocycles. The zero-order chi connectivity index (χ0) is 9.56. The normalized spacial score (nSPS) is 15.6. The zero-order valence-corrected chi connectivity index (χ0v) is 6.73. The Labute approximate surface area is 70.5 Å². The van der Waals surface area contributed by atoms with Gasteiger partial charge in [0, 0.05) is 0 Å². The van der Waals surface area contributed by atoms with Gasteiger partial charge in [-0.1, -0.05) is 0 Å². The number of aliphatic carboxylic acids is 1. The van der Waals surface area contributed by atoms with Crippen molar-refractivity contribution in [2.24, 2.45) is 11.5 Å². The minimum atomic E-state index is -1.05. The first-order valence-electron chi connectivity index (χ1n) is 3.69. The molecule has 2 unspecified atom stereocenters. The summed E-state index contributed by atoms with van der Waals surface area (Å²) in [6.45, 7) is 0.457. The van der Waals surface area contributed by atoms with E-state index in [0.29, 0.717) is 19.4 Å². The highest BCUT2D eigenvalue weighted by Crippen LogP contribution is 1.92. The van der Waals surface area contributed by atoms with Crippen molar-refractivity contribution < 1.29 is 15.0 Å². The highest BCUT2D eigenvalue weighted by atomic mass is 16.4. The Bertz CT molecular complexity index is 140. The number of carbonyl (C=O) groups is 1. The first kappa shape index (κ1) is 11.3. The van der Waals surface area contributed by atoms with Gasteiger partial charge in [0.05, 0.1) is 0 Å². The molecule has 0 radical (unpaired) electrons. The molecule has 0 saturated carbocycles. The Morgan fingerprint density at radius 3 is 2.50 bits per heavy atom. The van der Waals surface area contributed by atoms with Gasteiger partial charge in [-0.05, 0) is 19.4 Å². The van der Waals surface area contributed by atoms with Crippen LogP contribution in [0.5, 0.6) is 0 Å². The lowest BCUT2D eigenvalue weighted by molar-refractivity contribution is -0.138. The van der Waals surface area contributed by atoms with Crippen LogP contribution >= 0.6 is 0 Å². The minimum absolute atomic E-state index is 0.370. The fourth-order valence-corrected chi connectivity index (χ4v) is 0.695. The molecule has 2 atom stereocenters. The lowest BCUT2D eigenvalue weighted by Gasteiger charge is -2.08. The summed E-state index contributed by atoms with van der Waals surface area (Å²) in [5.74, 6) is -1.01. The van der Waals surface area contributed by atoms with Crippen molar-refractivity contribution in [3.05, 3.63) is 0 Å². The summed E-state index contributed by atoms with van der Waals surface area (Å²) in [4.78, 5) is 10.2. The third kappa shape index (κ3) is 6.05. The van der Waals surface area contributed by atoms with Crippen LogP contribution in [0.4, 0.5) is 0 Å². The van der Waals surface area contributed by atoms with Crippen molar-refractivity contribution in [3.63, 3.8) is 0 Å². The van der Waals surface area contributed by atoms with Crippen LogP contribution in [-0.2, 0) is 4.79 Å². The minimum Gasteiger partial charge on any atom is -0.480 e. The van der Waals surface area contributed by atoms with Gasteiger partial charge in [0.1, 0.15) is 6.04 Å². The van der Waals surface area contributed by atoms with E-state index in [2.05, 4.69) is 5.32 Å². The van der Waals surface area contributed by atoms with Crippen molar-refractivity contribution in [1.29, 1.82) is 0 Å². The summed E-state index contributed by atoms with van der Waals surface area (Å²) >= 11 is 0. The van der Waals surface area contributed by atoms with E-state index in [9.17, 15) is 4.79 Å². The van der Waals surface area contributed by atoms with Gasteiger partial charge in [-0.3, -0.25) is 15.8 Å². The second-order valence-corrected chi connectivity index (χ2v) is 2.49. The Morgan fingerprint density at radius 1 is 1.50 bits per heavy atom. The molecule has 6 heteroatoms. The van der Waals surface area contributed by atoms with Crippen LogP contribution in [0.1, 0.15) is 12.8 Å². The molecule has 0 aromatic rings. The second-order valence-electron chi connectivity index (χ2n) is 2.49. The van der Waals surface area contributed by atoms with Crippen molar-refractivity contribution >= 4 is 5.97 Å². The van der Waals surface area contributed by atoms with Gasteiger partial charge in [-0.25, -0.2) is 0 Å². The van der Waals surface area contributed by atoms with E-state index in [-0.39, 0.29) is 0 Å². The Hall–Kier alpha value is -0.690. The van der Waals surface area contributed by atoms with E-state index in [4.69, 9.17) is 21.7 Å². The van der Waals surface area contributed by atoms with Gasteiger partial charge >= 0.3 is 5.97 Å². The van der Waals surface area contributed by atoms with Crippen LogP contribution in [0.3, 0.4) is 0 Å². The highest BCUT2D eigenvalue weighted by molar-refractivity contribution is 5.72. The molecule has 0 fully saturated rings. The predicted octanol–water partition coefficient (Wildman–Crippen LogP) is -2.00. The van der Waals surface area contributed by atoms with Crippen molar-refractivity contribution in [2.45, 2.75) is 25.2 Å². The Morgan fingerprint density at radius 2 is 2.08 bits per heavy atom. The molecule has 12 heavy (non-hydrogen) atoms. The van der Waals surface area contributed by atoms with Crippen molar-refractivity contribution in [3.8, 4) is 0 Å². The summed E-state index contributed by atoms with van der Waals surface area (Å²) in [6, 6.07) is -0.832. The number of carboxylic acid groups (broad SMARTS) is 1. The maximum Gasteiger partial charge on any atom is 0.320 e. The predicted molar refractivity (Wildman–Crippen MR) is 43.0 cm³/mol. The molecule has 0 aliphatic heterocycles. The SMILES string of the molecule is NC(O)NCCCC(N)C(=O)O. The molecule has 0 saturated heterocycles. The Kier molecular flexibility index (Phi) is 5.56. The molecule has 0 aliphatic rings. The smallest absolute Gasteiger partial charge is 0.320 e. The second kappa shape index (κ2) is 5.90. The number of carboxylic acids is 1. The molecule has 0 bridgehead atoms. The van der Waals surface area contributed by atoms with Crippen LogP contribution < -0.4 is 16.8 Å². The summed E-state index contributed by atoms with van der Waals surface area (Å²) in [6.07, 6.45) is -0.109. The largest absolute Gasteiger partial charge is 0.480 e. The van der Waals surface area contributed by atoms with Gasteiger partial charge in [0.25, 0.3) is 0 Å². The quantitative estimate of drug-likeness (QED) is 0.236. The number of hydrogen-bond donors (Lipinski definition) is 5. The molecule has 7 N–H and O–H groups in total. The van der Waals surface area contributed by atoms with Crippen molar-refractivity contribution in [2.75, 3.05) is 6.54 Å². The first-order valence-corrected chi connectivity index (χ1v) is 3.69. The topological polar surface area (TPSA) is 122 Å². The Balaban J connectivity index is 3.25. The summed E-state index contributed by atoms with van der Waals surface area (Å²) in [5, 5.41) is 19.4. The molecule has 0 rings (SSSR count). The molecule has 0 aliphatic carbocycles. The van der Waals surface area contributed by atoms with Gasteiger partial charge < -0.3 is 15.9 Å². The molecule has 0 amide bonds. The highest BCUT2D eigenvalue weighted by Gasteiger charge is 2.09. The fraction of sp³-hybridized carbons (Fsp3) is 0.833. The van der Waals surface area contributed by atoms with Crippen LogP contribution in [-0.4, -0.2) is 35.1 Å². The third-order valence-electron chi connectivity index (χ3n) is 1.36. The molecule has 0 spiro atoms. The summed E-state index contributed by atoms with van der Waals surface area (Å²) < 4.78 is 0. The number of aliphatic hydroxyl groups excluding tert-OH is 1. The van der Waals surface area contributed by atoms with Crippen LogP contribution in [0.15, 0.2) is 0 Å². The van der Waals surface area contributed by atoms with Gasteiger partial charge in [-0.2, -0.15) is 0 Å². The van der Waals surface area contributed by atoms with E-state index in [1.807, 2.05) is 0 Å². The van der Waals surface area contributed by atoms with Crippen molar-refractivity contribution in [1.82, 2.24) is 5.32 Å². The van der Waals surface area contributed by atoms with Gasteiger partial charge in [0.15, 0.2) is 6.35 Å². The average Bonchev–Trinajstić information content (AvgIpc) is 1.97. The fourth-order valence-electron chi connectivity index (χ4n) is 0.695. The lowest BCUT2D eigenvalue weighted by Crippen LogP contribution is -2.38.